The van der Waals surface area contributed by atoms with Crippen LogP contribution in [0.15, 0.2) is 118 Å². The number of carbonyl (C=O) groups is 1. The number of hydrogen-bond donors (Lipinski definition) is 1. The molecule has 0 radical (unpaired) electrons. The number of oxazole rings is 1. The second kappa shape index (κ2) is 14.5. The van der Waals surface area contributed by atoms with Crippen LogP contribution in [0.5, 0.6) is 5.75 Å². The molecule has 0 spiro atoms. The highest BCUT2D eigenvalue weighted by Crippen LogP contribution is 2.29. The van der Waals surface area contributed by atoms with Crippen LogP contribution in [0, 0.1) is 6.92 Å². The van der Waals surface area contributed by atoms with Crippen molar-refractivity contribution in [2.75, 3.05) is 19.0 Å². The maximum atomic E-state index is 13.4. The minimum atomic E-state index is -0.288. The van der Waals surface area contributed by atoms with Gasteiger partial charge in [-0.3, -0.25) is 4.79 Å². The van der Waals surface area contributed by atoms with Crippen LogP contribution in [-0.4, -0.2) is 34.7 Å². The quantitative estimate of drug-likeness (QED) is 0.125. The predicted molar refractivity (Wildman–Crippen MR) is 174 cm³/mol. The van der Waals surface area contributed by atoms with Crippen LogP contribution in [0.2, 0.25) is 0 Å². The molecule has 0 saturated heterocycles. The van der Waals surface area contributed by atoms with Crippen molar-refractivity contribution in [3.63, 3.8) is 0 Å². The topological polar surface area (TPSA) is 113 Å². The standard InChI is InChI=1S/C37H34N4O5/c1-25-31(39-37(45-25)28-13-7-4-8-14-28)21-22-44-29-19-17-26(18-20-29)33(23-34-40-41-35(46-34)24-43-2)38-32-16-10-9-15-30(32)36(42)27-11-5-3-6-12-27/h3-20,33,38H,21-24H2,1-2H3/t33-/m0/s1. The molecule has 0 saturated carbocycles. The van der Waals surface area contributed by atoms with Gasteiger partial charge in [-0.25, -0.2) is 4.98 Å². The Morgan fingerprint density at radius 3 is 2.28 bits per heavy atom. The van der Waals surface area contributed by atoms with Gasteiger partial charge >= 0.3 is 0 Å². The molecule has 0 bridgehead atoms. The average molecular weight is 615 g/mol. The van der Waals surface area contributed by atoms with Crippen LogP contribution in [0.3, 0.4) is 0 Å². The summed E-state index contributed by atoms with van der Waals surface area (Å²) in [6, 6.07) is 34.2. The number of nitrogens with zero attached hydrogens (tertiary/aromatic N) is 3. The van der Waals surface area contributed by atoms with Crippen LogP contribution in [0.4, 0.5) is 5.69 Å². The number of para-hydroxylation sites is 1. The minimum Gasteiger partial charge on any atom is -0.493 e. The Morgan fingerprint density at radius 2 is 1.52 bits per heavy atom. The Labute approximate surface area is 267 Å². The molecule has 9 heteroatoms. The van der Waals surface area contributed by atoms with Gasteiger partial charge in [-0.2, -0.15) is 0 Å². The van der Waals surface area contributed by atoms with E-state index in [1.165, 1.54) is 0 Å². The largest absolute Gasteiger partial charge is 0.493 e. The smallest absolute Gasteiger partial charge is 0.242 e. The van der Waals surface area contributed by atoms with Gasteiger partial charge in [-0.1, -0.05) is 72.8 Å². The third-order valence-corrected chi connectivity index (χ3v) is 7.50. The third-order valence-electron chi connectivity index (χ3n) is 7.50. The summed E-state index contributed by atoms with van der Waals surface area (Å²) in [4.78, 5) is 18.1. The first kappa shape index (κ1) is 30.5. The number of aryl methyl sites for hydroxylation is 1. The fourth-order valence-electron chi connectivity index (χ4n) is 5.15. The van der Waals surface area contributed by atoms with Crippen molar-refractivity contribution in [3.05, 3.63) is 149 Å². The molecule has 0 aliphatic rings. The zero-order chi connectivity index (χ0) is 31.7. The van der Waals surface area contributed by atoms with Gasteiger partial charge in [0.25, 0.3) is 0 Å². The summed E-state index contributed by atoms with van der Waals surface area (Å²) < 4.78 is 22.9. The normalized spacial score (nSPS) is 11.7. The number of hydrogen-bond acceptors (Lipinski definition) is 9. The van der Waals surface area contributed by atoms with Crippen molar-refractivity contribution in [2.24, 2.45) is 0 Å². The van der Waals surface area contributed by atoms with E-state index in [4.69, 9.17) is 18.3 Å². The number of methoxy groups -OCH3 is 1. The molecule has 2 aromatic heterocycles. The van der Waals surface area contributed by atoms with Gasteiger partial charge in [0, 0.05) is 35.9 Å². The lowest BCUT2D eigenvalue weighted by atomic mass is 9.99. The van der Waals surface area contributed by atoms with E-state index in [0.717, 1.165) is 28.3 Å². The van der Waals surface area contributed by atoms with Gasteiger partial charge in [-0.15, -0.1) is 10.2 Å². The summed E-state index contributed by atoms with van der Waals surface area (Å²) in [6.45, 7) is 2.60. The number of aromatic nitrogens is 3. The Kier molecular flexibility index (Phi) is 9.61. The molecular formula is C37H34N4O5. The lowest BCUT2D eigenvalue weighted by Crippen LogP contribution is -2.16. The molecule has 0 aliphatic heterocycles. The Balaban J connectivity index is 1.18. The van der Waals surface area contributed by atoms with E-state index in [1.807, 2.05) is 116 Å². The number of anilines is 1. The molecule has 232 valence electrons. The van der Waals surface area contributed by atoms with Crippen LogP contribution in [-0.2, 0) is 24.2 Å². The molecular weight excluding hydrogens is 580 g/mol. The molecule has 0 aliphatic carbocycles. The maximum absolute atomic E-state index is 13.4. The van der Waals surface area contributed by atoms with E-state index in [0.29, 0.717) is 53.9 Å². The number of rotatable bonds is 14. The molecule has 0 fully saturated rings. The highest BCUT2D eigenvalue weighted by atomic mass is 16.5. The lowest BCUT2D eigenvalue weighted by Gasteiger charge is -2.21. The molecule has 6 aromatic rings. The molecule has 6 rings (SSSR count). The molecule has 0 unspecified atom stereocenters. The van der Waals surface area contributed by atoms with E-state index in [-0.39, 0.29) is 18.4 Å². The SMILES string of the molecule is COCc1nnc(C[C@H](Nc2ccccc2C(=O)c2ccccc2)c2ccc(OCCc3nc(-c4ccccc4)oc3C)cc2)o1. The van der Waals surface area contributed by atoms with Gasteiger partial charge in [0.05, 0.1) is 24.8 Å². The molecule has 46 heavy (non-hydrogen) atoms. The Hall–Kier alpha value is -5.54. The van der Waals surface area contributed by atoms with Crippen molar-refractivity contribution in [1.29, 1.82) is 0 Å². The summed E-state index contributed by atoms with van der Waals surface area (Å²) in [7, 11) is 1.58. The van der Waals surface area contributed by atoms with E-state index >= 15 is 0 Å². The molecule has 0 amide bonds. The molecule has 9 nitrogen and oxygen atoms in total. The predicted octanol–water partition coefficient (Wildman–Crippen LogP) is 7.43. The number of ether oxygens (including phenoxy) is 2. The molecule has 4 aromatic carbocycles. The Bertz CT molecular complexity index is 1870. The lowest BCUT2D eigenvalue weighted by molar-refractivity contribution is 0.103. The van der Waals surface area contributed by atoms with Crippen molar-refractivity contribution in [1.82, 2.24) is 15.2 Å². The zero-order valence-electron chi connectivity index (χ0n) is 25.7. The van der Waals surface area contributed by atoms with E-state index in [2.05, 4.69) is 20.5 Å². The first-order chi connectivity index (χ1) is 22.6. The van der Waals surface area contributed by atoms with E-state index in [9.17, 15) is 4.79 Å². The summed E-state index contributed by atoms with van der Waals surface area (Å²) >= 11 is 0. The molecule has 2 heterocycles. The first-order valence-electron chi connectivity index (χ1n) is 15.1. The summed E-state index contributed by atoms with van der Waals surface area (Å²) in [5.74, 6) is 2.91. The number of carbonyl (C=O) groups excluding carboxylic acids is 1. The summed E-state index contributed by atoms with van der Waals surface area (Å²) in [5.41, 5.74) is 4.67. The van der Waals surface area contributed by atoms with Gasteiger partial charge in [-0.05, 0) is 48.9 Å². The number of nitrogens with one attached hydrogen (secondary N) is 1. The van der Waals surface area contributed by atoms with Crippen molar-refractivity contribution in [3.8, 4) is 17.2 Å². The maximum Gasteiger partial charge on any atom is 0.242 e. The fraction of sp³-hybridized carbons (Fsp3) is 0.189. The second-order valence-corrected chi connectivity index (χ2v) is 10.7. The van der Waals surface area contributed by atoms with Crippen molar-refractivity contribution >= 4 is 11.5 Å². The monoisotopic (exact) mass is 614 g/mol. The van der Waals surface area contributed by atoms with Gasteiger partial charge in [0.15, 0.2) is 5.78 Å². The molecule has 1 N–H and O–H groups in total. The summed E-state index contributed by atoms with van der Waals surface area (Å²) in [6.07, 6.45) is 1.00. The highest BCUT2D eigenvalue weighted by molar-refractivity contribution is 6.12. The van der Waals surface area contributed by atoms with Crippen LogP contribution < -0.4 is 10.1 Å². The fourth-order valence-corrected chi connectivity index (χ4v) is 5.15. The Morgan fingerprint density at radius 1 is 0.826 bits per heavy atom. The van der Waals surface area contributed by atoms with Crippen molar-refractivity contribution < 1.29 is 23.1 Å². The van der Waals surface area contributed by atoms with Gasteiger partial charge < -0.3 is 23.6 Å². The molecule has 1 atom stereocenters. The van der Waals surface area contributed by atoms with Crippen molar-refractivity contribution in [2.45, 2.75) is 32.4 Å². The minimum absolute atomic E-state index is 0.0652. The van der Waals surface area contributed by atoms with E-state index < -0.39 is 0 Å². The van der Waals surface area contributed by atoms with Crippen LogP contribution in [0.25, 0.3) is 11.5 Å². The second-order valence-electron chi connectivity index (χ2n) is 10.7. The van der Waals surface area contributed by atoms with Gasteiger partial charge in [0.2, 0.25) is 17.7 Å². The van der Waals surface area contributed by atoms with E-state index in [1.54, 1.807) is 7.11 Å². The van der Waals surface area contributed by atoms with Crippen LogP contribution in [0.1, 0.15) is 50.8 Å². The average Bonchev–Trinajstić information content (AvgIpc) is 3.71. The van der Waals surface area contributed by atoms with Gasteiger partial charge in [0.1, 0.15) is 18.1 Å². The number of ketones is 1. The first-order valence-corrected chi connectivity index (χ1v) is 15.1. The highest BCUT2D eigenvalue weighted by Gasteiger charge is 2.21. The third kappa shape index (κ3) is 7.39. The van der Waals surface area contributed by atoms with Crippen LogP contribution >= 0.6 is 0 Å². The zero-order valence-corrected chi connectivity index (χ0v) is 25.7. The number of benzene rings is 4. The summed E-state index contributed by atoms with van der Waals surface area (Å²) in [5, 5.41) is 11.9.